The first-order valence-electron chi connectivity index (χ1n) is 6.64. The van der Waals surface area contributed by atoms with Gasteiger partial charge in [0.1, 0.15) is 0 Å². The molecular formula is C16H25N3. The largest absolute Gasteiger partial charge is 0.308 e. The monoisotopic (exact) mass is 259 g/mol. The molecule has 3 nitrogen and oxygen atoms in total. The summed E-state index contributed by atoms with van der Waals surface area (Å²) in [7, 11) is 0. The van der Waals surface area contributed by atoms with Gasteiger partial charge < -0.3 is 5.32 Å². The standard InChI is InChI=1S/C11H17N.C5H8N2/c1-11(2,3)12-9-10-7-5-4-6-8-10;1-4-3-5(2)7-6-4/h4-8,12H,9H2,1-3H3;3H,1-2H3,(H,6,7). The Balaban J connectivity index is 0.000000218. The van der Waals surface area contributed by atoms with Gasteiger partial charge in [-0.2, -0.15) is 5.10 Å². The van der Waals surface area contributed by atoms with Gasteiger partial charge in [-0.15, -0.1) is 0 Å². The smallest absolute Gasteiger partial charge is 0.0593 e. The van der Waals surface area contributed by atoms with Crippen LogP contribution in [0.15, 0.2) is 36.4 Å². The number of H-pyrrole nitrogens is 1. The minimum Gasteiger partial charge on any atom is -0.308 e. The lowest BCUT2D eigenvalue weighted by Gasteiger charge is -2.20. The molecule has 2 N–H and O–H groups in total. The fraction of sp³-hybridized carbons (Fsp3) is 0.438. The van der Waals surface area contributed by atoms with Gasteiger partial charge in [-0.25, -0.2) is 0 Å². The van der Waals surface area contributed by atoms with Gasteiger partial charge in [0.25, 0.3) is 0 Å². The van der Waals surface area contributed by atoms with Gasteiger partial charge in [0.05, 0.1) is 5.69 Å². The Morgan fingerprint density at radius 3 is 2.11 bits per heavy atom. The summed E-state index contributed by atoms with van der Waals surface area (Å²) in [6, 6.07) is 12.5. The van der Waals surface area contributed by atoms with Crippen LogP contribution in [-0.4, -0.2) is 15.7 Å². The van der Waals surface area contributed by atoms with Crippen molar-refractivity contribution < 1.29 is 0 Å². The number of hydrogen-bond donors (Lipinski definition) is 2. The van der Waals surface area contributed by atoms with Gasteiger partial charge in [0.2, 0.25) is 0 Å². The van der Waals surface area contributed by atoms with Crippen molar-refractivity contribution >= 4 is 0 Å². The zero-order valence-corrected chi connectivity index (χ0v) is 12.6. The lowest BCUT2D eigenvalue weighted by molar-refractivity contribution is 0.424. The van der Waals surface area contributed by atoms with E-state index in [9.17, 15) is 0 Å². The van der Waals surface area contributed by atoms with E-state index in [1.807, 2.05) is 26.0 Å². The lowest BCUT2D eigenvalue weighted by atomic mass is 10.1. The number of nitrogens with zero attached hydrogens (tertiary/aromatic N) is 1. The summed E-state index contributed by atoms with van der Waals surface area (Å²) >= 11 is 0. The average molecular weight is 259 g/mol. The second kappa shape index (κ2) is 7.10. The molecule has 19 heavy (non-hydrogen) atoms. The van der Waals surface area contributed by atoms with E-state index < -0.39 is 0 Å². The van der Waals surface area contributed by atoms with E-state index >= 15 is 0 Å². The van der Waals surface area contributed by atoms with E-state index in [1.54, 1.807) is 0 Å². The van der Waals surface area contributed by atoms with Crippen LogP contribution in [0.2, 0.25) is 0 Å². The van der Waals surface area contributed by atoms with E-state index in [-0.39, 0.29) is 5.54 Å². The molecule has 0 aliphatic rings. The molecule has 0 aliphatic carbocycles. The zero-order valence-electron chi connectivity index (χ0n) is 12.6. The number of rotatable bonds is 2. The van der Waals surface area contributed by atoms with Crippen LogP contribution in [-0.2, 0) is 6.54 Å². The number of aromatic amines is 1. The van der Waals surface area contributed by atoms with Crippen molar-refractivity contribution in [3.8, 4) is 0 Å². The first kappa shape index (κ1) is 15.4. The van der Waals surface area contributed by atoms with Crippen molar-refractivity contribution in [2.24, 2.45) is 0 Å². The third-order valence-corrected chi connectivity index (χ3v) is 2.50. The first-order chi connectivity index (χ1) is 8.87. The van der Waals surface area contributed by atoms with Crippen LogP contribution in [0.3, 0.4) is 0 Å². The van der Waals surface area contributed by atoms with Gasteiger partial charge in [0.15, 0.2) is 0 Å². The zero-order chi connectivity index (χ0) is 14.3. The molecule has 0 saturated carbocycles. The predicted molar refractivity (Wildman–Crippen MR) is 81.1 cm³/mol. The molecule has 1 heterocycles. The Labute approximate surface area is 116 Å². The first-order valence-corrected chi connectivity index (χ1v) is 6.64. The topological polar surface area (TPSA) is 40.7 Å². The van der Waals surface area contributed by atoms with Gasteiger partial charge in [-0.05, 0) is 46.2 Å². The lowest BCUT2D eigenvalue weighted by Crippen LogP contribution is -2.34. The molecule has 2 rings (SSSR count). The summed E-state index contributed by atoms with van der Waals surface area (Å²) in [5.41, 5.74) is 3.72. The summed E-state index contributed by atoms with van der Waals surface area (Å²) < 4.78 is 0. The normalized spacial score (nSPS) is 10.8. The summed E-state index contributed by atoms with van der Waals surface area (Å²) in [5, 5.41) is 10.1. The predicted octanol–water partition coefficient (Wildman–Crippen LogP) is 3.60. The number of hydrogen-bond acceptors (Lipinski definition) is 2. The van der Waals surface area contributed by atoms with E-state index in [1.165, 1.54) is 5.56 Å². The van der Waals surface area contributed by atoms with Gasteiger partial charge in [0, 0.05) is 17.8 Å². The van der Waals surface area contributed by atoms with Crippen molar-refractivity contribution in [1.82, 2.24) is 15.5 Å². The maximum Gasteiger partial charge on any atom is 0.0593 e. The van der Waals surface area contributed by atoms with Crippen molar-refractivity contribution in [3.05, 3.63) is 53.3 Å². The maximum atomic E-state index is 3.89. The SMILES string of the molecule is CC(C)(C)NCc1ccccc1.Cc1cc(C)[nH]n1. The third kappa shape index (κ3) is 7.42. The maximum absolute atomic E-state index is 3.89. The van der Waals surface area contributed by atoms with E-state index in [4.69, 9.17) is 0 Å². The number of benzene rings is 1. The summed E-state index contributed by atoms with van der Waals surface area (Å²) in [4.78, 5) is 0. The second-order valence-corrected chi connectivity index (χ2v) is 5.78. The molecule has 0 radical (unpaired) electrons. The number of aromatic nitrogens is 2. The highest BCUT2D eigenvalue weighted by Crippen LogP contribution is 2.03. The Bertz CT molecular complexity index is 450. The Morgan fingerprint density at radius 2 is 1.74 bits per heavy atom. The molecule has 0 fully saturated rings. The molecule has 0 amide bonds. The summed E-state index contributed by atoms with van der Waals surface area (Å²) in [6.45, 7) is 11.4. The van der Waals surface area contributed by atoms with Crippen LogP contribution >= 0.6 is 0 Å². The van der Waals surface area contributed by atoms with Gasteiger partial charge in [-0.1, -0.05) is 30.3 Å². The van der Waals surface area contributed by atoms with Crippen LogP contribution in [0, 0.1) is 13.8 Å². The van der Waals surface area contributed by atoms with Crippen molar-refractivity contribution in [1.29, 1.82) is 0 Å². The van der Waals surface area contributed by atoms with Crippen LogP contribution < -0.4 is 5.32 Å². The number of nitrogens with one attached hydrogen (secondary N) is 2. The fourth-order valence-electron chi connectivity index (χ4n) is 1.52. The molecule has 0 spiro atoms. The van der Waals surface area contributed by atoms with Crippen molar-refractivity contribution in [3.63, 3.8) is 0 Å². The molecule has 1 aromatic heterocycles. The molecule has 1 aromatic carbocycles. The minimum absolute atomic E-state index is 0.204. The Hall–Kier alpha value is -1.61. The highest BCUT2D eigenvalue weighted by molar-refractivity contribution is 5.14. The molecule has 104 valence electrons. The third-order valence-electron chi connectivity index (χ3n) is 2.50. The summed E-state index contributed by atoms with van der Waals surface area (Å²) in [5.74, 6) is 0. The highest BCUT2D eigenvalue weighted by atomic mass is 15.1. The molecule has 0 atom stereocenters. The van der Waals surface area contributed by atoms with Crippen molar-refractivity contribution in [2.45, 2.75) is 46.7 Å². The van der Waals surface area contributed by atoms with Crippen molar-refractivity contribution in [2.75, 3.05) is 0 Å². The van der Waals surface area contributed by atoms with E-state index in [2.05, 4.69) is 60.6 Å². The average Bonchev–Trinajstić information content (AvgIpc) is 2.72. The summed E-state index contributed by atoms with van der Waals surface area (Å²) in [6.07, 6.45) is 0. The molecule has 0 aliphatic heterocycles. The minimum atomic E-state index is 0.204. The van der Waals surface area contributed by atoms with Crippen LogP contribution in [0.4, 0.5) is 0 Å². The number of aryl methyl sites for hydroxylation is 2. The van der Waals surface area contributed by atoms with Gasteiger partial charge >= 0.3 is 0 Å². The van der Waals surface area contributed by atoms with Crippen LogP contribution in [0.5, 0.6) is 0 Å². The quantitative estimate of drug-likeness (QED) is 0.865. The molecule has 2 aromatic rings. The van der Waals surface area contributed by atoms with Gasteiger partial charge in [-0.3, -0.25) is 5.10 Å². The second-order valence-electron chi connectivity index (χ2n) is 5.78. The highest BCUT2D eigenvalue weighted by Gasteiger charge is 2.07. The Morgan fingerprint density at radius 1 is 1.11 bits per heavy atom. The molecular weight excluding hydrogens is 234 g/mol. The molecule has 3 heteroatoms. The molecule has 0 unspecified atom stereocenters. The van der Waals surface area contributed by atoms with Crippen LogP contribution in [0.1, 0.15) is 37.7 Å². The molecule has 0 bridgehead atoms. The molecule has 0 saturated heterocycles. The Kier molecular flexibility index (Phi) is 5.77. The van der Waals surface area contributed by atoms with Crippen LogP contribution in [0.25, 0.3) is 0 Å². The fourth-order valence-corrected chi connectivity index (χ4v) is 1.52. The van der Waals surface area contributed by atoms with E-state index in [0.717, 1.165) is 17.9 Å². The van der Waals surface area contributed by atoms with E-state index in [0.29, 0.717) is 0 Å².